The van der Waals surface area contributed by atoms with Gasteiger partial charge in [0.2, 0.25) is 11.8 Å². The van der Waals surface area contributed by atoms with Crippen molar-refractivity contribution in [1.29, 1.82) is 0 Å². The lowest BCUT2D eigenvalue weighted by Gasteiger charge is -2.07. The Morgan fingerprint density at radius 1 is 0.958 bits per heavy atom. The van der Waals surface area contributed by atoms with Crippen molar-refractivity contribution in [3.63, 3.8) is 0 Å². The van der Waals surface area contributed by atoms with E-state index in [1.807, 2.05) is 18.2 Å². The molecule has 0 aliphatic rings. The number of carbonyl (C=O) groups is 2. The standard InChI is InChI=1S/C19H22N2O3/c1-24-17-11-9-16(10-12-17)21-19(23)14-18(22)20-13-5-8-15-6-3-2-4-7-15/h2-4,6-7,9-12H,5,8,13-14H2,1H3,(H,20,22)(H,21,23). The van der Waals surface area contributed by atoms with Crippen LogP contribution in [-0.2, 0) is 16.0 Å². The molecule has 0 spiro atoms. The molecular weight excluding hydrogens is 304 g/mol. The molecule has 0 saturated heterocycles. The third-order valence-corrected chi connectivity index (χ3v) is 3.50. The van der Waals surface area contributed by atoms with Crippen LogP contribution in [0, 0.1) is 0 Å². The zero-order valence-corrected chi connectivity index (χ0v) is 13.7. The monoisotopic (exact) mass is 326 g/mol. The van der Waals surface area contributed by atoms with Crippen LogP contribution in [-0.4, -0.2) is 25.5 Å². The smallest absolute Gasteiger partial charge is 0.233 e. The largest absolute Gasteiger partial charge is 0.497 e. The Morgan fingerprint density at radius 3 is 2.33 bits per heavy atom. The third kappa shape index (κ3) is 6.12. The van der Waals surface area contributed by atoms with Gasteiger partial charge in [-0.25, -0.2) is 0 Å². The number of benzene rings is 2. The number of hydrogen-bond acceptors (Lipinski definition) is 3. The van der Waals surface area contributed by atoms with Crippen LogP contribution in [0.1, 0.15) is 18.4 Å². The Morgan fingerprint density at radius 2 is 1.67 bits per heavy atom. The minimum Gasteiger partial charge on any atom is -0.497 e. The number of carbonyl (C=O) groups excluding carboxylic acids is 2. The molecule has 0 radical (unpaired) electrons. The SMILES string of the molecule is COc1ccc(NC(=O)CC(=O)NCCCc2ccccc2)cc1. The van der Waals surface area contributed by atoms with Crippen molar-refractivity contribution >= 4 is 17.5 Å². The molecule has 0 unspecified atom stereocenters. The summed E-state index contributed by atoms with van der Waals surface area (Å²) in [5, 5.41) is 5.45. The van der Waals surface area contributed by atoms with Crippen LogP contribution in [0.15, 0.2) is 54.6 Å². The van der Waals surface area contributed by atoms with E-state index in [0.717, 1.165) is 12.8 Å². The number of anilines is 1. The van der Waals surface area contributed by atoms with Crippen LogP contribution in [0.5, 0.6) is 5.75 Å². The van der Waals surface area contributed by atoms with Crippen LogP contribution >= 0.6 is 0 Å². The van der Waals surface area contributed by atoms with Crippen LogP contribution in [0.3, 0.4) is 0 Å². The molecular formula is C19H22N2O3. The van der Waals surface area contributed by atoms with Gasteiger partial charge in [0.15, 0.2) is 0 Å². The summed E-state index contributed by atoms with van der Waals surface area (Å²) in [7, 11) is 1.58. The summed E-state index contributed by atoms with van der Waals surface area (Å²) in [6, 6.07) is 17.1. The molecule has 5 nitrogen and oxygen atoms in total. The van der Waals surface area contributed by atoms with Crippen molar-refractivity contribution in [3.8, 4) is 5.75 Å². The average Bonchev–Trinajstić information content (AvgIpc) is 2.60. The fourth-order valence-electron chi connectivity index (χ4n) is 2.25. The van der Waals surface area contributed by atoms with Crippen molar-refractivity contribution in [3.05, 3.63) is 60.2 Å². The lowest BCUT2D eigenvalue weighted by Crippen LogP contribution is -2.29. The van der Waals surface area contributed by atoms with Gasteiger partial charge < -0.3 is 15.4 Å². The number of nitrogens with one attached hydrogen (secondary N) is 2. The average molecular weight is 326 g/mol. The van der Waals surface area contributed by atoms with E-state index in [1.165, 1.54) is 5.56 Å². The lowest BCUT2D eigenvalue weighted by atomic mass is 10.1. The second kappa shape index (κ2) is 9.35. The molecule has 0 heterocycles. The van der Waals surface area contributed by atoms with E-state index in [4.69, 9.17) is 4.74 Å². The van der Waals surface area contributed by atoms with Crippen molar-refractivity contribution in [2.75, 3.05) is 19.0 Å². The van der Waals surface area contributed by atoms with Gasteiger partial charge in [-0.05, 0) is 42.7 Å². The quantitative estimate of drug-likeness (QED) is 0.579. The summed E-state index contributed by atoms with van der Waals surface area (Å²) in [5.74, 6) is 0.110. The summed E-state index contributed by atoms with van der Waals surface area (Å²) in [6.45, 7) is 0.559. The van der Waals surface area contributed by atoms with Gasteiger partial charge in [0, 0.05) is 12.2 Å². The van der Waals surface area contributed by atoms with Crippen molar-refractivity contribution in [2.24, 2.45) is 0 Å². The summed E-state index contributed by atoms with van der Waals surface area (Å²) in [5.41, 5.74) is 1.88. The summed E-state index contributed by atoms with van der Waals surface area (Å²) in [4.78, 5) is 23.6. The second-order valence-electron chi connectivity index (χ2n) is 5.39. The van der Waals surface area contributed by atoms with E-state index < -0.39 is 0 Å². The molecule has 0 aliphatic heterocycles. The van der Waals surface area contributed by atoms with Crippen LogP contribution < -0.4 is 15.4 Å². The van der Waals surface area contributed by atoms with Gasteiger partial charge in [0.05, 0.1) is 7.11 Å². The van der Waals surface area contributed by atoms with E-state index in [9.17, 15) is 9.59 Å². The van der Waals surface area contributed by atoms with Crippen LogP contribution in [0.2, 0.25) is 0 Å². The number of rotatable bonds is 8. The minimum absolute atomic E-state index is 0.183. The molecule has 126 valence electrons. The topological polar surface area (TPSA) is 67.4 Å². The number of ether oxygens (including phenoxy) is 1. The Labute approximate surface area is 142 Å². The normalized spacial score (nSPS) is 10.0. The van der Waals surface area contributed by atoms with E-state index in [1.54, 1.807) is 31.4 Å². The predicted octanol–water partition coefficient (Wildman–Crippen LogP) is 2.77. The highest BCUT2D eigenvalue weighted by molar-refractivity contribution is 6.03. The van der Waals surface area contributed by atoms with E-state index >= 15 is 0 Å². The molecule has 0 aliphatic carbocycles. The molecule has 0 bridgehead atoms. The molecule has 24 heavy (non-hydrogen) atoms. The molecule has 5 heteroatoms. The van der Waals surface area contributed by atoms with Crippen LogP contribution in [0.4, 0.5) is 5.69 Å². The second-order valence-corrected chi connectivity index (χ2v) is 5.39. The number of amides is 2. The first-order valence-corrected chi connectivity index (χ1v) is 7.92. The maximum absolute atomic E-state index is 11.8. The summed E-state index contributed by atoms with van der Waals surface area (Å²) < 4.78 is 5.05. The Hall–Kier alpha value is -2.82. The van der Waals surface area contributed by atoms with Gasteiger partial charge in [-0.1, -0.05) is 30.3 Å². The fraction of sp³-hybridized carbons (Fsp3) is 0.263. The maximum Gasteiger partial charge on any atom is 0.233 e. The Balaban J connectivity index is 1.65. The Bertz CT molecular complexity index is 654. The zero-order chi connectivity index (χ0) is 17.2. The fourth-order valence-corrected chi connectivity index (χ4v) is 2.25. The first kappa shape index (κ1) is 17.5. The van der Waals surface area contributed by atoms with E-state index in [0.29, 0.717) is 18.0 Å². The van der Waals surface area contributed by atoms with Gasteiger partial charge >= 0.3 is 0 Å². The molecule has 2 aromatic carbocycles. The molecule has 0 fully saturated rings. The molecule has 0 saturated carbocycles. The van der Waals surface area contributed by atoms with E-state index in [-0.39, 0.29) is 18.2 Å². The summed E-state index contributed by atoms with van der Waals surface area (Å²) in [6.07, 6.45) is 1.56. The first-order chi connectivity index (χ1) is 11.7. The number of aryl methyl sites for hydroxylation is 1. The molecule has 2 N–H and O–H groups in total. The molecule has 0 aromatic heterocycles. The highest BCUT2D eigenvalue weighted by atomic mass is 16.5. The zero-order valence-electron chi connectivity index (χ0n) is 13.7. The highest BCUT2D eigenvalue weighted by Gasteiger charge is 2.09. The molecule has 0 atom stereocenters. The van der Waals surface area contributed by atoms with Crippen LogP contribution in [0.25, 0.3) is 0 Å². The van der Waals surface area contributed by atoms with Gasteiger partial charge in [-0.3, -0.25) is 9.59 Å². The molecule has 2 aromatic rings. The Kier molecular flexibility index (Phi) is 6.83. The minimum atomic E-state index is -0.333. The molecule has 2 rings (SSSR count). The van der Waals surface area contributed by atoms with Gasteiger partial charge in [-0.15, -0.1) is 0 Å². The van der Waals surface area contributed by atoms with Crippen molar-refractivity contribution in [1.82, 2.24) is 5.32 Å². The summed E-state index contributed by atoms with van der Waals surface area (Å²) >= 11 is 0. The maximum atomic E-state index is 11.8. The third-order valence-electron chi connectivity index (χ3n) is 3.50. The highest BCUT2D eigenvalue weighted by Crippen LogP contribution is 2.15. The number of methoxy groups -OCH3 is 1. The number of hydrogen-bond donors (Lipinski definition) is 2. The van der Waals surface area contributed by atoms with Gasteiger partial charge in [0.1, 0.15) is 12.2 Å². The first-order valence-electron chi connectivity index (χ1n) is 7.92. The van der Waals surface area contributed by atoms with E-state index in [2.05, 4.69) is 22.8 Å². The van der Waals surface area contributed by atoms with Crippen molar-refractivity contribution < 1.29 is 14.3 Å². The van der Waals surface area contributed by atoms with Gasteiger partial charge in [-0.2, -0.15) is 0 Å². The van der Waals surface area contributed by atoms with Crippen molar-refractivity contribution in [2.45, 2.75) is 19.3 Å². The molecule has 2 amide bonds. The van der Waals surface area contributed by atoms with Gasteiger partial charge in [0.25, 0.3) is 0 Å². The predicted molar refractivity (Wildman–Crippen MR) is 94.0 cm³/mol. The lowest BCUT2D eigenvalue weighted by molar-refractivity contribution is -0.126.